The van der Waals surface area contributed by atoms with E-state index in [0.29, 0.717) is 0 Å². The maximum Gasteiger partial charge on any atom is 0.375 e. The van der Waals surface area contributed by atoms with Crippen LogP contribution in [-0.2, 0) is 5.41 Å². The Bertz CT molecular complexity index is 3740. The third kappa shape index (κ3) is 5.03. The van der Waals surface area contributed by atoms with E-state index in [1.54, 1.807) is 0 Å². The van der Waals surface area contributed by atoms with E-state index in [0.717, 1.165) is 28.0 Å². The molecule has 2 aromatic heterocycles. The van der Waals surface area contributed by atoms with Crippen molar-refractivity contribution in [3.05, 3.63) is 212 Å². The predicted molar refractivity (Wildman–Crippen MR) is 284 cm³/mol. The van der Waals surface area contributed by atoms with Crippen LogP contribution in [0.1, 0.15) is 26.3 Å². The second-order valence-electron chi connectivity index (χ2n) is 19.1. The minimum Gasteiger partial charge on any atom is -0.466 e. The molecular weight excluding hydrogens is 836 g/mol. The molecule has 0 saturated carbocycles. The molecule has 0 saturated heterocycles. The highest BCUT2D eigenvalue weighted by molar-refractivity contribution is 7.27. The van der Waals surface area contributed by atoms with Crippen molar-refractivity contribution in [1.29, 1.82) is 0 Å². The minimum absolute atomic E-state index is 0.0443. The highest BCUT2D eigenvalue weighted by Crippen LogP contribution is 2.54. The van der Waals surface area contributed by atoms with Gasteiger partial charge in [-0.3, -0.25) is 0 Å². The Morgan fingerprint density at radius 3 is 1.92 bits per heavy atom. The van der Waals surface area contributed by atoms with Gasteiger partial charge in [0.2, 0.25) is 0 Å². The monoisotopic (exact) mass is 878 g/mol. The standard InChI is InChI=1S/C60H43BN2OSSi/c1-60(2,3)39-34-35-47(45(36-39)38-20-7-4-8-21-38)62-49-37-46-42-26-14-17-31-51(42)65-58(46)54-44-28-19-33-53-56(44)63(61(55(49)54)59-57(62)43-27-13-16-30-50(43)64-59)48-29-15-18-32-52(48)66(53,40-22-9-5-10-23-40)41-24-11-6-12-25-41/h4-37H,1-3H3. The van der Waals surface area contributed by atoms with Crippen LogP contribution < -0.4 is 41.6 Å². The summed E-state index contributed by atoms with van der Waals surface area (Å²) in [6, 6.07) is 77.6. The number of hydrogen-bond donors (Lipinski definition) is 0. The van der Waals surface area contributed by atoms with Crippen molar-refractivity contribution in [3.63, 3.8) is 0 Å². The van der Waals surface area contributed by atoms with Gasteiger partial charge in [-0.25, -0.2) is 0 Å². The molecule has 0 radical (unpaired) electrons. The molecule has 312 valence electrons. The zero-order chi connectivity index (χ0) is 43.9. The number of benzene rings is 9. The lowest BCUT2D eigenvalue weighted by molar-refractivity contribution is 0.590. The van der Waals surface area contributed by atoms with E-state index < -0.39 is 8.07 Å². The van der Waals surface area contributed by atoms with E-state index in [1.807, 2.05) is 11.3 Å². The number of para-hydroxylation sites is 3. The predicted octanol–water partition coefficient (Wildman–Crippen LogP) is 12.2. The van der Waals surface area contributed by atoms with Crippen molar-refractivity contribution in [1.82, 2.24) is 0 Å². The third-order valence-electron chi connectivity index (χ3n) is 14.6. The molecule has 9 aromatic carbocycles. The highest BCUT2D eigenvalue weighted by atomic mass is 32.1. The van der Waals surface area contributed by atoms with Crippen molar-refractivity contribution >= 4 is 118 Å². The number of thiophene rings is 1. The number of anilines is 5. The van der Waals surface area contributed by atoms with Gasteiger partial charge in [-0.1, -0.05) is 185 Å². The Kier molecular flexibility index (Phi) is 7.94. The topological polar surface area (TPSA) is 19.6 Å². The Hall–Kier alpha value is -7.38. The first-order chi connectivity index (χ1) is 32.4. The summed E-state index contributed by atoms with van der Waals surface area (Å²) in [4.78, 5) is 5.27. The molecule has 0 bridgehead atoms. The molecule has 0 aliphatic carbocycles. The van der Waals surface area contributed by atoms with Gasteiger partial charge in [0, 0.05) is 59.3 Å². The van der Waals surface area contributed by atoms with E-state index in [-0.39, 0.29) is 12.3 Å². The lowest BCUT2D eigenvalue weighted by Gasteiger charge is -2.51. The van der Waals surface area contributed by atoms with Gasteiger partial charge in [-0.15, -0.1) is 11.3 Å². The maximum absolute atomic E-state index is 7.46. The molecule has 11 aromatic rings. The fraction of sp³-hybridized carbons (Fsp3) is 0.0667. The van der Waals surface area contributed by atoms with E-state index in [1.165, 1.54) is 91.3 Å². The SMILES string of the molecule is CC(C)(C)c1ccc(N2c3cc4c(sc5ccccc54)c4c3B(c3oc5ccccc5c32)N2c3ccccc3[Si](c3ccccc3)(c3ccccc3)c3cccc-4c32)c(-c2ccccc2)c1. The average molecular weight is 879 g/mol. The van der Waals surface area contributed by atoms with E-state index in [2.05, 4.69) is 237 Å². The van der Waals surface area contributed by atoms with Crippen LogP contribution in [0, 0.1) is 0 Å². The van der Waals surface area contributed by atoms with Crippen LogP contribution in [0.5, 0.6) is 0 Å². The Labute approximate surface area is 389 Å². The van der Waals surface area contributed by atoms with E-state index in [9.17, 15) is 0 Å². The number of furan rings is 1. The van der Waals surface area contributed by atoms with Gasteiger partial charge in [0.05, 0.1) is 11.4 Å². The molecule has 14 rings (SSSR count). The summed E-state index contributed by atoms with van der Waals surface area (Å²) in [7, 11) is -2.93. The van der Waals surface area contributed by atoms with Gasteiger partial charge in [0.1, 0.15) is 11.2 Å². The molecule has 6 heteroatoms. The van der Waals surface area contributed by atoms with Crippen LogP contribution in [0.2, 0.25) is 0 Å². The average Bonchev–Trinajstić information content (AvgIpc) is 3.94. The Balaban J connectivity index is 1.18. The molecular formula is C60H43BN2OSSi. The van der Waals surface area contributed by atoms with E-state index >= 15 is 0 Å². The number of hydrogen-bond acceptors (Lipinski definition) is 4. The van der Waals surface area contributed by atoms with Crippen LogP contribution >= 0.6 is 11.3 Å². The molecule has 0 atom stereocenters. The van der Waals surface area contributed by atoms with Crippen LogP contribution in [-0.4, -0.2) is 14.9 Å². The molecule has 0 unspecified atom stereocenters. The highest BCUT2D eigenvalue weighted by Gasteiger charge is 2.56. The van der Waals surface area contributed by atoms with Gasteiger partial charge in [0.25, 0.3) is 0 Å². The molecule has 0 spiro atoms. The first-order valence-corrected chi connectivity index (χ1v) is 25.9. The molecule has 0 amide bonds. The fourth-order valence-corrected chi connectivity index (χ4v) is 18.3. The largest absolute Gasteiger partial charge is 0.466 e. The minimum atomic E-state index is -2.93. The second-order valence-corrected chi connectivity index (χ2v) is 23.9. The van der Waals surface area contributed by atoms with Crippen LogP contribution in [0.4, 0.5) is 28.4 Å². The summed E-state index contributed by atoms with van der Waals surface area (Å²) in [5.41, 5.74) is 15.4. The zero-order valence-corrected chi connectivity index (χ0v) is 38.7. The van der Waals surface area contributed by atoms with Gasteiger partial charge < -0.3 is 14.1 Å². The van der Waals surface area contributed by atoms with Crippen LogP contribution in [0.3, 0.4) is 0 Å². The normalized spacial score (nSPS) is 14.3. The smallest absolute Gasteiger partial charge is 0.375 e. The summed E-state index contributed by atoms with van der Waals surface area (Å²) in [5, 5.41) is 9.25. The first-order valence-electron chi connectivity index (χ1n) is 23.0. The molecule has 66 heavy (non-hydrogen) atoms. The lowest BCUT2D eigenvalue weighted by atomic mass is 9.45. The van der Waals surface area contributed by atoms with Gasteiger partial charge >= 0.3 is 6.85 Å². The van der Waals surface area contributed by atoms with Gasteiger partial charge in [-0.05, 0) is 85.2 Å². The molecule has 5 heterocycles. The molecule has 3 aliphatic rings. The van der Waals surface area contributed by atoms with Crippen molar-refractivity contribution in [2.45, 2.75) is 26.2 Å². The quantitative estimate of drug-likeness (QED) is 0.164. The maximum atomic E-state index is 7.46. The summed E-state index contributed by atoms with van der Waals surface area (Å²) in [6.07, 6.45) is 0. The molecule has 0 fully saturated rings. The fourth-order valence-electron chi connectivity index (χ4n) is 11.9. The van der Waals surface area contributed by atoms with Crippen molar-refractivity contribution in [3.8, 4) is 22.3 Å². The number of rotatable bonds is 4. The summed E-state index contributed by atoms with van der Waals surface area (Å²) >= 11 is 1.93. The van der Waals surface area contributed by atoms with Gasteiger partial charge in [-0.2, -0.15) is 0 Å². The van der Waals surface area contributed by atoms with E-state index in [4.69, 9.17) is 4.42 Å². The Morgan fingerprint density at radius 1 is 0.515 bits per heavy atom. The van der Waals surface area contributed by atoms with Crippen LogP contribution in [0.25, 0.3) is 53.4 Å². The third-order valence-corrected chi connectivity index (χ3v) is 20.7. The molecule has 3 aliphatic heterocycles. The zero-order valence-electron chi connectivity index (χ0n) is 36.9. The van der Waals surface area contributed by atoms with Crippen LogP contribution in [0.15, 0.2) is 211 Å². The molecule has 3 nitrogen and oxygen atoms in total. The van der Waals surface area contributed by atoms with Gasteiger partial charge in [0.15, 0.2) is 8.07 Å². The lowest BCUT2D eigenvalue weighted by Crippen LogP contribution is -2.79. The Morgan fingerprint density at radius 2 is 1.17 bits per heavy atom. The molecule has 0 N–H and O–H groups in total. The number of fused-ring (bicyclic) bond motifs is 12. The number of nitrogens with zero attached hydrogens (tertiary/aromatic N) is 2. The summed E-state index contributed by atoms with van der Waals surface area (Å²) in [5.74, 6) is 0. The van der Waals surface area contributed by atoms with Crippen molar-refractivity contribution in [2.24, 2.45) is 0 Å². The van der Waals surface area contributed by atoms with Crippen molar-refractivity contribution in [2.75, 3.05) is 9.71 Å². The second kappa shape index (κ2) is 13.8. The summed E-state index contributed by atoms with van der Waals surface area (Å²) in [6.45, 7) is 6.67. The first kappa shape index (κ1) is 37.9. The summed E-state index contributed by atoms with van der Waals surface area (Å²) < 4.78 is 10.1. The van der Waals surface area contributed by atoms with Crippen molar-refractivity contribution < 1.29 is 4.42 Å².